The van der Waals surface area contributed by atoms with Crippen LogP contribution >= 0.6 is 12.2 Å². The van der Waals surface area contributed by atoms with Gasteiger partial charge in [0.1, 0.15) is 16.8 Å². The van der Waals surface area contributed by atoms with E-state index in [2.05, 4.69) is 28.7 Å². The average Bonchev–Trinajstić information content (AvgIpc) is 3.77. The molecule has 2 heterocycles. The number of aromatic nitrogens is 4. The fraction of sp³-hybridized carbons (Fsp3) is 0.517. The standard InChI is InChI=1S/C12H17NO3.C10H15NO3.C7H8N4O3S/c1-4-6-13(7-5-2)9-8-12(3,16)11(15)10(9)14;1-10(14)6-7(8(12)9(10)13)11-4-2-3-5-11;1-7(14)2-3(4(12)5(7)13)11-6(15)8-9-10-11/h4-5,14,16H,1-2,6-8H2,3H3;12,14H,2-6H2,1H3;12,14H,2H2,1H3,(H,8,10,15). The third-order valence-corrected chi connectivity index (χ3v) is 8.04. The van der Waals surface area contributed by atoms with Crippen molar-refractivity contribution in [3.05, 3.63) is 58.8 Å². The van der Waals surface area contributed by atoms with Crippen LogP contribution in [0.2, 0.25) is 0 Å². The summed E-state index contributed by atoms with van der Waals surface area (Å²) in [4.78, 5) is 38.1. The second-order valence-electron chi connectivity index (χ2n) is 11.8. The molecule has 1 aromatic rings. The molecular formula is C29H40N6O9S. The van der Waals surface area contributed by atoms with Crippen LogP contribution in [0.5, 0.6) is 0 Å². The van der Waals surface area contributed by atoms with Gasteiger partial charge in [-0.3, -0.25) is 14.4 Å². The van der Waals surface area contributed by atoms with Crippen molar-refractivity contribution in [2.24, 2.45) is 0 Å². The molecular weight excluding hydrogens is 608 g/mol. The Morgan fingerprint density at radius 1 is 0.822 bits per heavy atom. The molecule has 0 radical (unpaired) electrons. The summed E-state index contributed by atoms with van der Waals surface area (Å²) >= 11 is 4.81. The fourth-order valence-corrected chi connectivity index (χ4v) is 5.50. The second kappa shape index (κ2) is 13.5. The van der Waals surface area contributed by atoms with Gasteiger partial charge in [-0.25, -0.2) is 4.68 Å². The number of carbonyl (C=O) groups excluding carboxylic acids is 3. The van der Waals surface area contributed by atoms with Gasteiger partial charge in [-0.2, -0.15) is 5.21 Å². The van der Waals surface area contributed by atoms with Crippen molar-refractivity contribution in [2.75, 3.05) is 26.2 Å². The first-order chi connectivity index (χ1) is 20.9. The van der Waals surface area contributed by atoms with Gasteiger partial charge in [0.25, 0.3) is 0 Å². The summed E-state index contributed by atoms with van der Waals surface area (Å²) in [7, 11) is 0. The molecule has 16 heteroatoms. The molecule has 3 aliphatic carbocycles. The zero-order chi connectivity index (χ0) is 33.9. The molecule has 0 amide bonds. The molecule has 3 unspecified atom stereocenters. The van der Waals surface area contributed by atoms with Gasteiger partial charge in [-0.05, 0) is 45.8 Å². The van der Waals surface area contributed by atoms with E-state index in [1.54, 1.807) is 17.1 Å². The normalized spacial score (nSPS) is 28.0. The predicted molar refractivity (Wildman–Crippen MR) is 164 cm³/mol. The highest BCUT2D eigenvalue weighted by Gasteiger charge is 2.45. The molecule has 4 aliphatic rings. The number of aliphatic hydroxyl groups excluding tert-OH is 3. The first-order valence-corrected chi connectivity index (χ1v) is 14.6. The highest BCUT2D eigenvalue weighted by atomic mass is 32.1. The van der Waals surface area contributed by atoms with Gasteiger partial charge in [0, 0.05) is 45.4 Å². The lowest BCUT2D eigenvalue weighted by atomic mass is 10.0. The van der Waals surface area contributed by atoms with E-state index in [1.165, 1.54) is 25.5 Å². The number of carbonyl (C=O) groups is 3. The molecule has 15 nitrogen and oxygen atoms in total. The number of ketones is 3. The van der Waals surface area contributed by atoms with Crippen LogP contribution in [0.3, 0.4) is 0 Å². The molecule has 1 aromatic heterocycles. The Labute approximate surface area is 264 Å². The van der Waals surface area contributed by atoms with E-state index < -0.39 is 39.9 Å². The van der Waals surface area contributed by atoms with Gasteiger partial charge in [-0.15, -0.1) is 13.2 Å². The molecule has 45 heavy (non-hydrogen) atoms. The number of H-pyrrole nitrogens is 1. The van der Waals surface area contributed by atoms with Gasteiger partial charge in [0.15, 0.2) is 17.3 Å². The molecule has 1 saturated heterocycles. The number of rotatable bonds is 7. The van der Waals surface area contributed by atoms with Gasteiger partial charge in [0.05, 0.1) is 17.1 Å². The summed E-state index contributed by atoms with van der Waals surface area (Å²) in [5.74, 6) is -3.00. The third-order valence-electron chi connectivity index (χ3n) is 7.78. The quantitative estimate of drug-likeness (QED) is 0.164. The minimum atomic E-state index is -1.60. The summed E-state index contributed by atoms with van der Waals surface area (Å²) in [6, 6.07) is 0. The first-order valence-electron chi connectivity index (χ1n) is 14.2. The van der Waals surface area contributed by atoms with E-state index in [0.717, 1.165) is 25.9 Å². The Bertz CT molecular complexity index is 1520. The van der Waals surface area contributed by atoms with Crippen molar-refractivity contribution in [1.82, 2.24) is 30.0 Å². The van der Waals surface area contributed by atoms with Crippen LogP contribution in [0.4, 0.5) is 0 Å². The van der Waals surface area contributed by atoms with Crippen molar-refractivity contribution in [3.8, 4) is 0 Å². The number of aromatic amines is 1. The number of aliphatic hydroxyl groups is 6. The van der Waals surface area contributed by atoms with E-state index in [9.17, 15) is 45.0 Å². The summed E-state index contributed by atoms with van der Waals surface area (Å²) in [6.07, 6.45) is 5.86. The molecule has 5 rings (SSSR count). The van der Waals surface area contributed by atoms with Crippen LogP contribution in [-0.4, -0.2) is 121 Å². The average molecular weight is 649 g/mol. The number of likely N-dealkylation sites (tertiary alicyclic amines) is 1. The Morgan fingerprint density at radius 3 is 1.62 bits per heavy atom. The van der Waals surface area contributed by atoms with Crippen LogP contribution in [0.1, 0.15) is 52.9 Å². The maximum Gasteiger partial charge on any atom is 0.242 e. The van der Waals surface area contributed by atoms with Gasteiger partial charge < -0.3 is 40.4 Å². The summed E-state index contributed by atoms with van der Waals surface area (Å²) in [6.45, 7) is 14.1. The molecule has 0 aromatic carbocycles. The second-order valence-corrected chi connectivity index (χ2v) is 12.2. The lowest BCUT2D eigenvalue weighted by Crippen LogP contribution is -2.32. The Balaban J connectivity index is 0.000000184. The van der Waals surface area contributed by atoms with Crippen LogP contribution < -0.4 is 0 Å². The maximum atomic E-state index is 11.5. The molecule has 246 valence electrons. The first kappa shape index (κ1) is 35.4. The number of nitrogens with one attached hydrogen (secondary N) is 1. The number of Topliss-reactive ketones (excluding diaryl/α,β-unsaturated/α-hetero) is 3. The van der Waals surface area contributed by atoms with Crippen LogP contribution in [0.25, 0.3) is 5.70 Å². The summed E-state index contributed by atoms with van der Waals surface area (Å²) in [5.41, 5.74) is -3.24. The van der Waals surface area contributed by atoms with Crippen molar-refractivity contribution in [2.45, 2.75) is 69.7 Å². The van der Waals surface area contributed by atoms with E-state index >= 15 is 0 Å². The topological polar surface area (TPSA) is 226 Å². The van der Waals surface area contributed by atoms with Crippen molar-refractivity contribution >= 4 is 35.3 Å². The minimum absolute atomic E-state index is 0.0319. The molecule has 1 fully saturated rings. The van der Waals surface area contributed by atoms with Crippen molar-refractivity contribution in [3.63, 3.8) is 0 Å². The van der Waals surface area contributed by atoms with Crippen LogP contribution in [0.15, 0.2) is 54.0 Å². The molecule has 3 atom stereocenters. The Morgan fingerprint density at radius 2 is 1.27 bits per heavy atom. The number of tetrazole rings is 1. The molecule has 1 aliphatic heterocycles. The predicted octanol–water partition coefficient (Wildman–Crippen LogP) is 1.52. The van der Waals surface area contributed by atoms with Crippen LogP contribution in [-0.2, 0) is 14.4 Å². The SMILES string of the molecule is C=CCN(CC=C)C1=C(O)C(=O)C(C)(O)C1.CC1(O)CC(N2CCCC2)=C(O)C1=O.CC1(O)CC(n2[nH]nnc2=S)=C(O)C1=O. The maximum absolute atomic E-state index is 11.5. The van der Waals surface area contributed by atoms with Crippen molar-refractivity contribution < 1.29 is 45.0 Å². The van der Waals surface area contributed by atoms with E-state index in [4.69, 9.17) is 12.2 Å². The van der Waals surface area contributed by atoms with E-state index in [-0.39, 0.29) is 41.2 Å². The van der Waals surface area contributed by atoms with E-state index in [1.807, 2.05) is 4.90 Å². The highest BCUT2D eigenvalue weighted by molar-refractivity contribution is 7.71. The monoisotopic (exact) mass is 648 g/mol. The van der Waals surface area contributed by atoms with Gasteiger partial charge >= 0.3 is 0 Å². The number of hydrogen-bond acceptors (Lipinski definition) is 14. The van der Waals surface area contributed by atoms with Crippen molar-refractivity contribution in [1.29, 1.82) is 0 Å². The zero-order valence-corrected chi connectivity index (χ0v) is 26.3. The van der Waals surface area contributed by atoms with Gasteiger partial charge in [0.2, 0.25) is 22.1 Å². The highest BCUT2D eigenvalue weighted by Crippen LogP contribution is 2.35. The lowest BCUT2D eigenvalue weighted by molar-refractivity contribution is -0.132. The number of hydrogen-bond donors (Lipinski definition) is 7. The summed E-state index contributed by atoms with van der Waals surface area (Å²) < 4.78 is 1.27. The van der Waals surface area contributed by atoms with Gasteiger partial charge in [-0.1, -0.05) is 22.5 Å². The summed E-state index contributed by atoms with van der Waals surface area (Å²) in [5, 5.41) is 67.2. The largest absolute Gasteiger partial charge is 0.503 e. The molecule has 0 saturated carbocycles. The molecule has 0 spiro atoms. The van der Waals surface area contributed by atoms with E-state index in [0.29, 0.717) is 24.5 Å². The zero-order valence-electron chi connectivity index (χ0n) is 25.5. The smallest absolute Gasteiger partial charge is 0.242 e. The Hall–Kier alpha value is -4.12. The van der Waals surface area contributed by atoms with Crippen LogP contribution in [0, 0.1) is 4.77 Å². The Kier molecular flexibility index (Phi) is 10.6. The molecule has 7 N–H and O–H groups in total. The fourth-order valence-electron chi connectivity index (χ4n) is 5.30. The molecule has 0 bridgehead atoms. The minimum Gasteiger partial charge on any atom is -0.503 e. The third kappa shape index (κ3) is 7.41. The lowest BCUT2D eigenvalue weighted by Gasteiger charge is -2.24. The number of nitrogens with zero attached hydrogens (tertiary/aromatic N) is 5.